The molecule has 0 aliphatic carbocycles. The zero-order valence-corrected chi connectivity index (χ0v) is 18.6. The molecule has 3 N–H and O–H groups in total. The van der Waals surface area contributed by atoms with Crippen LogP contribution in [0.3, 0.4) is 0 Å². The molecule has 26 heavy (non-hydrogen) atoms. The van der Waals surface area contributed by atoms with Crippen molar-refractivity contribution in [3.05, 3.63) is 67.5 Å². The Morgan fingerprint density at radius 2 is 1.54 bits per heavy atom. The molecule has 3 rings (SSSR count). The summed E-state index contributed by atoms with van der Waals surface area (Å²) in [5, 5.41) is 17.3. The number of anilines is 1. The summed E-state index contributed by atoms with van der Waals surface area (Å²) in [6.07, 6.45) is 0. The zero-order chi connectivity index (χ0) is 18.8. The van der Waals surface area contributed by atoms with E-state index in [4.69, 9.17) is 12.2 Å². The maximum atomic E-state index is 12.6. The molecule has 0 radical (unpaired) electrons. The van der Waals surface area contributed by atoms with Crippen LogP contribution >= 0.6 is 60.0 Å². The maximum Gasteiger partial charge on any atom is 0.258 e. The fraction of sp³-hybridized carbons (Fsp3) is 0. The largest absolute Gasteiger partial charge is 0.506 e. The number of amides is 1. The second kappa shape index (κ2) is 8.04. The molecule has 0 unspecified atom stereocenters. The number of carbonyl (C=O) groups is 1. The number of phenolic OH excluding ortho intramolecular Hbond substituents is 1. The summed E-state index contributed by atoms with van der Waals surface area (Å²) >= 11 is 15.2. The van der Waals surface area contributed by atoms with Gasteiger partial charge in [-0.05, 0) is 79.1 Å². The van der Waals surface area contributed by atoms with Crippen molar-refractivity contribution in [3.8, 4) is 5.75 Å². The SMILES string of the molecule is O=C(NC(=S)Nc1cc(Br)c(O)c(Br)c1)c1cccc2c(Br)cccc12. The van der Waals surface area contributed by atoms with E-state index in [-0.39, 0.29) is 16.8 Å². The van der Waals surface area contributed by atoms with Gasteiger partial charge >= 0.3 is 0 Å². The summed E-state index contributed by atoms with van der Waals surface area (Å²) in [6, 6.07) is 14.5. The van der Waals surface area contributed by atoms with Crippen molar-refractivity contribution in [1.29, 1.82) is 0 Å². The Hall–Kier alpha value is -1.48. The van der Waals surface area contributed by atoms with E-state index < -0.39 is 0 Å². The van der Waals surface area contributed by atoms with Crippen LogP contribution in [0.15, 0.2) is 61.9 Å². The van der Waals surface area contributed by atoms with Crippen LogP contribution in [0.4, 0.5) is 5.69 Å². The summed E-state index contributed by atoms with van der Waals surface area (Å²) in [5.74, 6) is -0.213. The minimum atomic E-state index is -0.303. The summed E-state index contributed by atoms with van der Waals surface area (Å²) in [6.45, 7) is 0. The van der Waals surface area contributed by atoms with Gasteiger partial charge in [-0.1, -0.05) is 40.2 Å². The van der Waals surface area contributed by atoms with Crippen LogP contribution in [0.1, 0.15) is 10.4 Å². The summed E-state index contributed by atoms with van der Waals surface area (Å²) in [5.41, 5.74) is 1.15. The lowest BCUT2D eigenvalue weighted by Crippen LogP contribution is -2.34. The predicted octanol–water partition coefficient (Wildman–Crippen LogP) is 5.96. The lowest BCUT2D eigenvalue weighted by atomic mass is 10.0. The maximum absolute atomic E-state index is 12.6. The second-order valence-corrected chi connectivity index (χ2v) is 8.31. The number of phenols is 1. The Morgan fingerprint density at radius 1 is 0.923 bits per heavy atom. The van der Waals surface area contributed by atoms with Crippen molar-refractivity contribution in [2.24, 2.45) is 0 Å². The normalized spacial score (nSPS) is 10.6. The van der Waals surface area contributed by atoms with E-state index in [0.717, 1.165) is 15.2 Å². The smallest absolute Gasteiger partial charge is 0.258 e. The second-order valence-electron chi connectivity index (χ2n) is 5.34. The van der Waals surface area contributed by atoms with E-state index >= 15 is 0 Å². The highest BCUT2D eigenvalue weighted by atomic mass is 79.9. The summed E-state index contributed by atoms with van der Waals surface area (Å²) in [7, 11) is 0. The van der Waals surface area contributed by atoms with E-state index in [1.807, 2.05) is 30.3 Å². The Morgan fingerprint density at radius 3 is 2.23 bits per heavy atom. The molecule has 3 aromatic carbocycles. The zero-order valence-electron chi connectivity index (χ0n) is 13.0. The lowest BCUT2D eigenvalue weighted by molar-refractivity contribution is 0.0979. The molecule has 0 aliphatic heterocycles. The quantitative estimate of drug-likeness (QED) is 0.268. The summed E-state index contributed by atoms with van der Waals surface area (Å²) < 4.78 is 1.92. The number of hydrogen-bond acceptors (Lipinski definition) is 3. The third-order valence-electron chi connectivity index (χ3n) is 3.62. The Kier molecular flexibility index (Phi) is 5.96. The minimum Gasteiger partial charge on any atom is -0.506 e. The molecule has 0 heterocycles. The first-order valence-electron chi connectivity index (χ1n) is 7.34. The Balaban J connectivity index is 1.80. The van der Waals surface area contributed by atoms with Gasteiger partial charge in [-0.3, -0.25) is 10.1 Å². The van der Waals surface area contributed by atoms with Crippen LogP contribution in [0.2, 0.25) is 0 Å². The molecule has 132 valence electrons. The van der Waals surface area contributed by atoms with Gasteiger partial charge in [0.2, 0.25) is 0 Å². The van der Waals surface area contributed by atoms with Crippen LogP contribution < -0.4 is 10.6 Å². The number of nitrogens with one attached hydrogen (secondary N) is 2. The highest BCUT2D eigenvalue weighted by Crippen LogP contribution is 2.35. The third-order valence-corrected chi connectivity index (χ3v) is 5.72. The monoisotopic (exact) mass is 556 g/mol. The van der Waals surface area contributed by atoms with E-state index in [0.29, 0.717) is 20.2 Å². The van der Waals surface area contributed by atoms with E-state index in [2.05, 4.69) is 58.4 Å². The molecule has 0 saturated carbocycles. The topological polar surface area (TPSA) is 61.4 Å². The summed E-state index contributed by atoms with van der Waals surface area (Å²) in [4.78, 5) is 12.6. The van der Waals surface area contributed by atoms with Crippen molar-refractivity contribution >= 4 is 87.5 Å². The average Bonchev–Trinajstić information content (AvgIpc) is 2.59. The van der Waals surface area contributed by atoms with Gasteiger partial charge in [0.1, 0.15) is 5.75 Å². The number of aromatic hydroxyl groups is 1. The molecular formula is C18H11Br3N2O2S. The van der Waals surface area contributed by atoms with Gasteiger partial charge in [-0.25, -0.2) is 0 Å². The van der Waals surface area contributed by atoms with Crippen LogP contribution in [0.25, 0.3) is 10.8 Å². The van der Waals surface area contributed by atoms with E-state index in [1.54, 1.807) is 18.2 Å². The number of benzene rings is 3. The van der Waals surface area contributed by atoms with Crippen molar-refractivity contribution < 1.29 is 9.90 Å². The number of rotatable bonds is 2. The van der Waals surface area contributed by atoms with E-state index in [1.165, 1.54) is 0 Å². The number of carbonyl (C=O) groups excluding carboxylic acids is 1. The number of fused-ring (bicyclic) bond motifs is 1. The molecule has 0 bridgehead atoms. The molecular weight excluding hydrogens is 548 g/mol. The van der Waals surface area contributed by atoms with Crippen LogP contribution in [-0.2, 0) is 0 Å². The third kappa shape index (κ3) is 4.09. The fourth-order valence-corrected chi connectivity index (χ4v) is 4.34. The standard InChI is InChI=1S/C18H11Br3N2O2S/c19-13-6-2-3-10-11(13)4-1-5-12(10)17(25)23-18(26)22-9-7-14(20)16(24)15(21)8-9/h1-8,24H,(H2,22,23,25,26). The van der Waals surface area contributed by atoms with Gasteiger partial charge < -0.3 is 10.4 Å². The van der Waals surface area contributed by atoms with Gasteiger partial charge in [0.25, 0.3) is 5.91 Å². The molecule has 0 fully saturated rings. The lowest BCUT2D eigenvalue weighted by Gasteiger charge is -2.12. The van der Waals surface area contributed by atoms with Crippen molar-refractivity contribution in [2.75, 3.05) is 5.32 Å². The van der Waals surface area contributed by atoms with Crippen molar-refractivity contribution in [3.63, 3.8) is 0 Å². The van der Waals surface area contributed by atoms with Gasteiger partial charge in [-0.15, -0.1) is 0 Å². The number of thiocarbonyl (C=S) groups is 1. The van der Waals surface area contributed by atoms with Gasteiger partial charge in [-0.2, -0.15) is 0 Å². The highest BCUT2D eigenvalue weighted by Gasteiger charge is 2.13. The molecule has 0 saturated heterocycles. The molecule has 0 aromatic heterocycles. The average molecular weight is 559 g/mol. The minimum absolute atomic E-state index is 0.0897. The van der Waals surface area contributed by atoms with Crippen LogP contribution in [0, 0.1) is 0 Å². The van der Waals surface area contributed by atoms with E-state index in [9.17, 15) is 9.90 Å². The molecule has 0 spiro atoms. The molecule has 0 aliphatic rings. The van der Waals surface area contributed by atoms with Crippen LogP contribution in [-0.4, -0.2) is 16.1 Å². The predicted molar refractivity (Wildman–Crippen MR) is 119 cm³/mol. The van der Waals surface area contributed by atoms with Gasteiger partial charge in [0, 0.05) is 15.7 Å². The molecule has 3 aromatic rings. The molecule has 1 amide bonds. The molecule has 0 atom stereocenters. The Bertz CT molecular complexity index is 1020. The number of halogens is 3. The molecule has 4 nitrogen and oxygen atoms in total. The highest BCUT2D eigenvalue weighted by molar-refractivity contribution is 9.11. The first-order valence-corrected chi connectivity index (χ1v) is 10.1. The van der Waals surface area contributed by atoms with Gasteiger partial charge in [0.05, 0.1) is 8.95 Å². The van der Waals surface area contributed by atoms with Crippen molar-refractivity contribution in [1.82, 2.24) is 5.32 Å². The van der Waals surface area contributed by atoms with Gasteiger partial charge in [0.15, 0.2) is 5.11 Å². The first kappa shape index (κ1) is 19.3. The fourth-order valence-electron chi connectivity index (χ4n) is 2.44. The Labute approximate surface area is 180 Å². The number of hydrogen-bond donors (Lipinski definition) is 3. The van der Waals surface area contributed by atoms with Crippen LogP contribution in [0.5, 0.6) is 5.75 Å². The first-order chi connectivity index (χ1) is 12.4. The van der Waals surface area contributed by atoms with Crippen molar-refractivity contribution in [2.45, 2.75) is 0 Å². The molecule has 8 heteroatoms.